The summed E-state index contributed by atoms with van der Waals surface area (Å²) in [6.45, 7) is 4.89. The van der Waals surface area contributed by atoms with Crippen molar-refractivity contribution >= 4 is 17.7 Å². The number of amides is 3. The maximum absolute atomic E-state index is 12.6. The van der Waals surface area contributed by atoms with E-state index in [1.807, 2.05) is 13.8 Å². The average Bonchev–Trinajstić information content (AvgIpc) is 3.03. The average molecular weight is 336 g/mol. The number of nitrogens with zero attached hydrogens (tertiary/aromatic N) is 1. The second-order valence-electron chi connectivity index (χ2n) is 8.13. The molecule has 0 aromatic carbocycles. The SMILES string of the molecule is CC1(C)C[C@H](NC(=O)CCN2C(=O)CC3(CCCC3)C2=O)CCO1. The summed E-state index contributed by atoms with van der Waals surface area (Å²) in [6, 6.07) is 0.104. The summed E-state index contributed by atoms with van der Waals surface area (Å²) < 4.78 is 5.65. The molecule has 3 fully saturated rings. The Hall–Kier alpha value is -1.43. The zero-order valence-corrected chi connectivity index (χ0v) is 14.7. The van der Waals surface area contributed by atoms with Crippen molar-refractivity contribution in [1.82, 2.24) is 10.2 Å². The molecular formula is C18H28N2O4. The highest BCUT2D eigenvalue weighted by atomic mass is 16.5. The Balaban J connectivity index is 1.49. The standard InChI is InChI=1S/C18H28N2O4/c1-17(2)11-13(6-10-24-17)19-14(21)5-9-20-15(22)12-18(16(20)23)7-3-4-8-18/h13H,3-12H2,1-2H3,(H,19,21)/t13-/m1/s1. The van der Waals surface area contributed by atoms with Crippen LogP contribution in [-0.2, 0) is 19.1 Å². The van der Waals surface area contributed by atoms with Crippen LogP contribution in [0.1, 0.15) is 65.2 Å². The first kappa shape index (κ1) is 17.4. The lowest BCUT2D eigenvalue weighted by Crippen LogP contribution is -2.46. The Morgan fingerprint density at radius 3 is 2.67 bits per heavy atom. The maximum atomic E-state index is 12.6. The molecule has 24 heavy (non-hydrogen) atoms. The predicted molar refractivity (Wildman–Crippen MR) is 88.1 cm³/mol. The van der Waals surface area contributed by atoms with Crippen molar-refractivity contribution in [1.29, 1.82) is 0 Å². The topological polar surface area (TPSA) is 75.7 Å². The number of ether oxygens (including phenoxy) is 1. The number of hydrogen-bond donors (Lipinski definition) is 1. The van der Waals surface area contributed by atoms with Crippen LogP contribution < -0.4 is 5.32 Å². The lowest BCUT2D eigenvalue weighted by Gasteiger charge is -2.35. The van der Waals surface area contributed by atoms with Gasteiger partial charge in [-0.15, -0.1) is 0 Å². The lowest BCUT2D eigenvalue weighted by molar-refractivity contribution is -0.141. The highest BCUT2D eigenvalue weighted by Gasteiger charge is 2.52. The van der Waals surface area contributed by atoms with Crippen LogP contribution >= 0.6 is 0 Å². The molecule has 1 saturated carbocycles. The van der Waals surface area contributed by atoms with Gasteiger partial charge >= 0.3 is 0 Å². The number of likely N-dealkylation sites (tertiary alicyclic amines) is 1. The first-order valence-electron chi connectivity index (χ1n) is 9.10. The molecule has 3 rings (SSSR count). The van der Waals surface area contributed by atoms with Crippen LogP contribution in [0.15, 0.2) is 0 Å². The molecule has 0 aromatic rings. The van der Waals surface area contributed by atoms with E-state index in [9.17, 15) is 14.4 Å². The second kappa shape index (κ2) is 6.47. The number of rotatable bonds is 4. The molecule has 1 N–H and O–H groups in total. The molecule has 1 aliphatic carbocycles. The van der Waals surface area contributed by atoms with Crippen LogP contribution in [0.2, 0.25) is 0 Å². The Bertz CT molecular complexity index is 537. The zero-order chi connectivity index (χ0) is 17.4. The van der Waals surface area contributed by atoms with Crippen molar-refractivity contribution in [3.05, 3.63) is 0 Å². The Morgan fingerprint density at radius 1 is 1.29 bits per heavy atom. The van der Waals surface area contributed by atoms with Gasteiger partial charge in [0.05, 0.1) is 11.0 Å². The van der Waals surface area contributed by atoms with E-state index in [4.69, 9.17) is 4.74 Å². The van der Waals surface area contributed by atoms with Gasteiger partial charge in [-0.2, -0.15) is 0 Å². The van der Waals surface area contributed by atoms with E-state index < -0.39 is 5.41 Å². The van der Waals surface area contributed by atoms with Crippen molar-refractivity contribution in [3.63, 3.8) is 0 Å². The summed E-state index contributed by atoms with van der Waals surface area (Å²) in [6.07, 6.45) is 5.78. The minimum atomic E-state index is -0.446. The molecule has 0 bridgehead atoms. The van der Waals surface area contributed by atoms with Crippen molar-refractivity contribution in [3.8, 4) is 0 Å². The second-order valence-corrected chi connectivity index (χ2v) is 8.13. The van der Waals surface area contributed by atoms with Crippen LogP contribution in [0.5, 0.6) is 0 Å². The summed E-state index contributed by atoms with van der Waals surface area (Å²) in [5, 5.41) is 3.02. The molecule has 2 heterocycles. The quantitative estimate of drug-likeness (QED) is 0.794. The molecule has 6 nitrogen and oxygen atoms in total. The van der Waals surface area contributed by atoms with E-state index in [1.165, 1.54) is 4.90 Å². The molecule has 6 heteroatoms. The van der Waals surface area contributed by atoms with Gasteiger partial charge in [0.1, 0.15) is 0 Å². The third-order valence-corrected chi connectivity index (χ3v) is 5.67. The van der Waals surface area contributed by atoms with Gasteiger partial charge in [-0.3, -0.25) is 19.3 Å². The molecular weight excluding hydrogens is 308 g/mol. The molecule has 134 valence electrons. The first-order chi connectivity index (χ1) is 11.3. The van der Waals surface area contributed by atoms with E-state index in [-0.39, 0.29) is 42.3 Å². The van der Waals surface area contributed by atoms with Crippen LogP contribution in [0, 0.1) is 5.41 Å². The van der Waals surface area contributed by atoms with Gasteiger partial charge in [0, 0.05) is 32.0 Å². The van der Waals surface area contributed by atoms with Crippen molar-refractivity contribution < 1.29 is 19.1 Å². The van der Waals surface area contributed by atoms with E-state index in [0.717, 1.165) is 38.5 Å². The highest BCUT2D eigenvalue weighted by molar-refractivity contribution is 6.06. The molecule has 0 unspecified atom stereocenters. The fourth-order valence-corrected chi connectivity index (χ4v) is 4.40. The van der Waals surface area contributed by atoms with Crippen molar-refractivity contribution in [2.24, 2.45) is 5.41 Å². The van der Waals surface area contributed by atoms with Gasteiger partial charge in [-0.1, -0.05) is 12.8 Å². The Labute approximate surface area is 143 Å². The smallest absolute Gasteiger partial charge is 0.235 e. The fourth-order valence-electron chi connectivity index (χ4n) is 4.40. The number of carbonyl (C=O) groups is 3. The number of hydrogen-bond acceptors (Lipinski definition) is 4. The third-order valence-electron chi connectivity index (χ3n) is 5.67. The monoisotopic (exact) mass is 336 g/mol. The summed E-state index contributed by atoms with van der Waals surface area (Å²) in [5.74, 6) is -0.252. The molecule has 1 spiro atoms. The molecule has 1 atom stereocenters. The highest BCUT2D eigenvalue weighted by Crippen LogP contribution is 2.46. The number of imide groups is 1. The van der Waals surface area contributed by atoms with Crippen LogP contribution in [0.4, 0.5) is 0 Å². The molecule has 2 aliphatic heterocycles. The summed E-state index contributed by atoms with van der Waals surface area (Å²) in [4.78, 5) is 38.3. The van der Waals surface area contributed by atoms with Gasteiger partial charge in [-0.05, 0) is 39.5 Å². The molecule has 0 radical (unpaired) electrons. The van der Waals surface area contributed by atoms with E-state index in [1.54, 1.807) is 0 Å². The van der Waals surface area contributed by atoms with Gasteiger partial charge in [0.2, 0.25) is 17.7 Å². The van der Waals surface area contributed by atoms with Crippen LogP contribution in [0.3, 0.4) is 0 Å². The van der Waals surface area contributed by atoms with Gasteiger partial charge < -0.3 is 10.1 Å². The number of nitrogens with one attached hydrogen (secondary N) is 1. The zero-order valence-electron chi connectivity index (χ0n) is 14.7. The predicted octanol–water partition coefficient (Wildman–Crippen LogP) is 1.77. The Kier molecular flexibility index (Phi) is 4.69. The first-order valence-corrected chi connectivity index (χ1v) is 9.10. The van der Waals surface area contributed by atoms with E-state index in [0.29, 0.717) is 13.0 Å². The molecule has 3 amide bonds. The van der Waals surface area contributed by atoms with Crippen molar-refractivity contribution in [2.75, 3.05) is 13.2 Å². The van der Waals surface area contributed by atoms with E-state index in [2.05, 4.69) is 5.32 Å². The summed E-state index contributed by atoms with van der Waals surface area (Å²) in [5.41, 5.74) is -0.662. The van der Waals surface area contributed by atoms with Crippen molar-refractivity contribution in [2.45, 2.75) is 76.9 Å². The lowest BCUT2D eigenvalue weighted by atomic mass is 9.84. The minimum absolute atomic E-state index is 0.0509. The number of carbonyl (C=O) groups excluding carboxylic acids is 3. The summed E-state index contributed by atoms with van der Waals surface area (Å²) in [7, 11) is 0. The molecule has 2 saturated heterocycles. The third kappa shape index (κ3) is 3.48. The van der Waals surface area contributed by atoms with Gasteiger partial charge in [0.15, 0.2) is 0 Å². The van der Waals surface area contributed by atoms with E-state index >= 15 is 0 Å². The minimum Gasteiger partial charge on any atom is -0.375 e. The van der Waals surface area contributed by atoms with Gasteiger partial charge in [0.25, 0.3) is 0 Å². The summed E-state index contributed by atoms with van der Waals surface area (Å²) >= 11 is 0. The van der Waals surface area contributed by atoms with Crippen LogP contribution in [0.25, 0.3) is 0 Å². The maximum Gasteiger partial charge on any atom is 0.235 e. The normalized spacial score (nSPS) is 28.6. The molecule has 0 aromatic heterocycles. The Morgan fingerprint density at radius 2 is 2.00 bits per heavy atom. The fraction of sp³-hybridized carbons (Fsp3) is 0.833. The largest absolute Gasteiger partial charge is 0.375 e. The molecule has 3 aliphatic rings. The van der Waals surface area contributed by atoms with Crippen LogP contribution in [-0.4, -0.2) is 47.4 Å². The van der Waals surface area contributed by atoms with Gasteiger partial charge in [-0.25, -0.2) is 0 Å².